The zero-order valence-electron chi connectivity index (χ0n) is 7.96. The summed E-state index contributed by atoms with van der Waals surface area (Å²) in [6.45, 7) is 6.45. The summed E-state index contributed by atoms with van der Waals surface area (Å²) in [4.78, 5) is 10.8. The Morgan fingerprint density at radius 2 is 1.75 bits per heavy atom. The Kier molecular flexibility index (Phi) is 2.88. The van der Waals surface area contributed by atoms with Crippen molar-refractivity contribution >= 4 is 5.97 Å². The van der Waals surface area contributed by atoms with E-state index in [1.165, 1.54) is 6.92 Å². The first-order valence-electron chi connectivity index (χ1n) is 3.84. The van der Waals surface area contributed by atoms with Gasteiger partial charge in [0.25, 0.3) is 0 Å². The molecule has 12 heavy (non-hydrogen) atoms. The third-order valence-electron chi connectivity index (χ3n) is 2.25. The summed E-state index contributed by atoms with van der Waals surface area (Å²) < 4.78 is 0. The smallest absolute Gasteiger partial charge is 0.326 e. The van der Waals surface area contributed by atoms with E-state index >= 15 is 0 Å². The van der Waals surface area contributed by atoms with Gasteiger partial charge in [0.1, 0.15) is 5.54 Å². The molecule has 0 fully saturated rings. The Labute approximate surface area is 72.4 Å². The largest absolute Gasteiger partial charge is 0.480 e. The Balaban J connectivity index is 5.02. The molecule has 0 aliphatic rings. The predicted molar refractivity (Wildman–Crippen MR) is 45.7 cm³/mol. The van der Waals surface area contributed by atoms with Crippen molar-refractivity contribution in [3.8, 4) is 0 Å². The number of aliphatic hydroxyl groups excluding tert-OH is 1. The molecule has 0 spiro atoms. The molecule has 4 heteroatoms. The first-order valence-corrected chi connectivity index (χ1v) is 3.84. The minimum atomic E-state index is -1.59. The molecular formula is C8H17NO3. The first-order chi connectivity index (χ1) is 5.14. The van der Waals surface area contributed by atoms with Crippen LogP contribution in [0.4, 0.5) is 0 Å². The van der Waals surface area contributed by atoms with E-state index in [2.05, 4.69) is 0 Å². The molecule has 0 aromatic rings. The van der Waals surface area contributed by atoms with Crippen LogP contribution in [-0.2, 0) is 4.79 Å². The molecular weight excluding hydrogens is 158 g/mol. The minimum Gasteiger partial charge on any atom is -0.480 e. The van der Waals surface area contributed by atoms with E-state index in [-0.39, 0.29) is 0 Å². The van der Waals surface area contributed by atoms with Crippen molar-refractivity contribution in [2.75, 3.05) is 0 Å². The molecule has 0 saturated carbocycles. The summed E-state index contributed by atoms with van der Waals surface area (Å²) in [7, 11) is 0. The minimum absolute atomic E-state index is 0.674. The van der Waals surface area contributed by atoms with Gasteiger partial charge in [-0.25, -0.2) is 0 Å². The number of carboxylic acids is 1. The van der Waals surface area contributed by atoms with Crippen LogP contribution >= 0.6 is 0 Å². The summed E-state index contributed by atoms with van der Waals surface area (Å²) in [5, 5.41) is 18.1. The molecule has 0 aliphatic carbocycles. The Morgan fingerprint density at radius 1 is 1.42 bits per heavy atom. The number of nitrogens with two attached hydrogens (primary N) is 1. The number of hydrogen-bond donors (Lipinski definition) is 3. The Bertz CT molecular complexity index is 183. The lowest BCUT2D eigenvalue weighted by Crippen LogP contribution is -2.64. The zero-order valence-corrected chi connectivity index (χ0v) is 7.96. The predicted octanol–water partition coefficient (Wildman–Crippen LogP) is 0.195. The summed E-state index contributed by atoms with van der Waals surface area (Å²) in [6, 6.07) is 0. The van der Waals surface area contributed by atoms with Crippen LogP contribution in [0.5, 0.6) is 0 Å². The number of hydrogen-bond acceptors (Lipinski definition) is 3. The maximum atomic E-state index is 10.8. The van der Waals surface area contributed by atoms with Gasteiger partial charge < -0.3 is 15.9 Å². The van der Waals surface area contributed by atoms with Crippen molar-refractivity contribution < 1.29 is 15.0 Å². The van der Waals surface area contributed by atoms with Gasteiger partial charge in [-0.15, -0.1) is 0 Å². The van der Waals surface area contributed by atoms with Crippen molar-refractivity contribution in [3.05, 3.63) is 0 Å². The molecule has 2 unspecified atom stereocenters. The van der Waals surface area contributed by atoms with Gasteiger partial charge in [0.15, 0.2) is 0 Å². The molecule has 0 amide bonds. The van der Waals surface area contributed by atoms with Crippen LogP contribution in [0, 0.1) is 5.41 Å². The van der Waals surface area contributed by atoms with E-state index in [9.17, 15) is 9.90 Å². The highest BCUT2D eigenvalue weighted by atomic mass is 16.4. The topological polar surface area (TPSA) is 83.5 Å². The van der Waals surface area contributed by atoms with Crippen LogP contribution in [0.2, 0.25) is 0 Å². The second-order valence-corrected chi connectivity index (χ2v) is 4.10. The summed E-state index contributed by atoms with van der Waals surface area (Å²) in [6.07, 6.45) is -1.07. The fourth-order valence-electron chi connectivity index (χ4n) is 1.13. The lowest BCUT2D eigenvalue weighted by Gasteiger charge is -2.39. The number of aliphatic hydroxyl groups is 1. The van der Waals surface area contributed by atoms with E-state index < -0.39 is 23.0 Å². The molecule has 72 valence electrons. The Hall–Kier alpha value is -0.610. The van der Waals surface area contributed by atoms with Crippen molar-refractivity contribution in [2.24, 2.45) is 11.1 Å². The molecule has 0 aromatic carbocycles. The zero-order chi connectivity index (χ0) is 10.2. The average molecular weight is 175 g/mol. The Morgan fingerprint density at radius 3 is 1.75 bits per heavy atom. The third kappa shape index (κ3) is 1.59. The second-order valence-electron chi connectivity index (χ2n) is 4.10. The number of aliphatic carboxylic acids is 1. The monoisotopic (exact) mass is 175 g/mol. The van der Waals surface area contributed by atoms with Crippen molar-refractivity contribution in [1.29, 1.82) is 0 Å². The SMILES string of the molecule is CC(O)C(N)(C(=O)O)C(C)(C)C. The molecule has 0 aromatic heterocycles. The molecule has 0 bridgehead atoms. The number of carboxylic acid groups (broad SMARTS) is 1. The maximum absolute atomic E-state index is 10.8. The molecule has 2 atom stereocenters. The normalized spacial score (nSPS) is 19.8. The van der Waals surface area contributed by atoms with Crippen LogP contribution in [0.1, 0.15) is 27.7 Å². The van der Waals surface area contributed by atoms with E-state index in [1.54, 1.807) is 20.8 Å². The third-order valence-corrected chi connectivity index (χ3v) is 2.25. The number of carbonyl (C=O) groups is 1. The molecule has 4 nitrogen and oxygen atoms in total. The standard InChI is InChI=1S/C8H17NO3/c1-5(10)8(9,6(11)12)7(2,3)4/h5,10H,9H2,1-4H3,(H,11,12). The van der Waals surface area contributed by atoms with Gasteiger partial charge in [-0.2, -0.15) is 0 Å². The summed E-state index contributed by atoms with van der Waals surface area (Å²) in [5.74, 6) is -1.18. The van der Waals surface area contributed by atoms with Gasteiger partial charge in [-0.1, -0.05) is 20.8 Å². The quantitative estimate of drug-likeness (QED) is 0.559. The maximum Gasteiger partial charge on any atom is 0.326 e. The highest BCUT2D eigenvalue weighted by molar-refractivity contribution is 5.80. The molecule has 0 heterocycles. The van der Waals surface area contributed by atoms with Gasteiger partial charge in [0, 0.05) is 0 Å². The molecule has 4 N–H and O–H groups in total. The van der Waals surface area contributed by atoms with Gasteiger partial charge in [0.05, 0.1) is 6.10 Å². The van der Waals surface area contributed by atoms with Crippen molar-refractivity contribution in [3.63, 3.8) is 0 Å². The highest BCUT2D eigenvalue weighted by Crippen LogP contribution is 2.31. The van der Waals surface area contributed by atoms with Crippen LogP contribution in [0.25, 0.3) is 0 Å². The first kappa shape index (κ1) is 11.4. The fourth-order valence-corrected chi connectivity index (χ4v) is 1.13. The molecule has 0 rings (SSSR count). The average Bonchev–Trinajstić information content (AvgIpc) is 1.82. The van der Waals surface area contributed by atoms with E-state index in [0.717, 1.165) is 0 Å². The van der Waals surface area contributed by atoms with Crippen LogP contribution in [0.3, 0.4) is 0 Å². The van der Waals surface area contributed by atoms with Crippen LogP contribution < -0.4 is 5.73 Å². The highest BCUT2D eigenvalue weighted by Gasteiger charge is 2.49. The summed E-state index contributed by atoms with van der Waals surface area (Å²) >= 11 is 0. The lowest BCUT2D eigenvalue weighted by molar-refractivity contribution is -0.153. The van der Waals surface area contributed by atoms with Gasteiger partial charge in [-0.3, -0.25) is 4.79 Å². The van der Waals surface area contributed by atoms with E-state index in [1.807, 2.05) is 0 Å². The molecule has 0 radical (unpaired) electrons. The van der Waals surface area contributed by atoms with Crippen LogP contribution in [-0.4, -0.2) is 27.8 Å². The van der Waals surface area contributed by atoms with Gasteiger partial charge in [-0.05, 0) is 12.3 Å². The molecule has 0 saturated heterocycles. The fraction of sp³-hybridized carbons (Fsp3) is 0.875. The van der Waals surface area contributed by atoms with Crippen LogP contribution in [0.15, 0.2) is 0 Å². The van der Waals surface area contributed by atoms with E-state index in [0.29, 0.717) is 0 Å². The van der Waals surface area contributed by atoms with Gasteiger partial charge in [0.2, 0.25) is 0 Å². The second kappa shape index (κ2) is 3.03. The van der Waals surface area contributed by atoms with Crippen molar-refractivity contribution in [2.45, 2.75) is 39.3 Å². The van der Waals surface area contributed by atoms with E-state index in [4.69, 9.17) is 10.8 Å². The summed E-state index contributed by atoms with van der Waals surface area (Å²) in [5.41, 5.74) is 3.35. The molecule has 0 aliphatic heterocycles. The van der Waals surface area contributed by atoms with Crippen molar-refractivity contribution in [1.82, 2.24) is 0 Å². The lowest BCUT2D eigenvalue weighted by atomic mass is 9.71. The number of rotatable bonds is 2. The van der Waals surface area contributed by atoms with Gasteiger partial charge >= 0.3 is 5.97 Å².